The van der Waals surface area contributed by atoms with Gasteiger partial charge in [0.05, 0.1) is 6.04 Å². The van der Waals surface area contributed by atoms with Gasteiger partial charge in [-0.2, -0.15) is 11.8 Å². The molecule has 0 aliphatic heterocycles. The standard InChI is InChI=1S/C20H31N3O4S/c1-4-13(2)17(23-18(24)15(21)10-11-28-3)19(25)22-16(20(26)27)12-14-8-6-5-7-9-14/h5-9,13,15-17H,4,10-12,21H2,1-3H3,(H,22,25)(H,23,24)(H,26,27). The summed E-state index contributed by atoms with van der Waals surface area (Å²) in [6.45, 7) is 3.74. The lowest BCUT2D eigenvalue weighted by molar-refractivity contribution is -0.142. The van der Waals surface area contributed by atoms with Crippen LogP contribution in [0.5, 0.6) is 0 Å². The van der Waals surface area contributed by atoms with Crippen LogP contribution in [0.15, 0.2) is 30.3 Å². The summed E-state index contributed by atoms with van der Waals surface area (Å²) in [4.78, 5) is 36.8. The van der Waals surface area contributed by atoms with E-state index in [4.69, 9.17) is 5.73 Å². The van der Waals surface area contributed by atoms with Crippen LogP contribution in [0.2, 0.25) is 0 Å². The van der Waals surface area contributed by atoms with Gasteiger partial charge in [0.15, 0.2) is 0 Å². The summed E-state index contributed by atoms with van der Waals surface area (Å²) in [6.07, 6.45) is 3.25. The molecule has 4 unspecified atom stereocenters. The number of carboxylic acids is 1. The van der Waals surface area contributed by atoms with Crippen LogP contribution in [0.3, 0.4) is 0 Å². The van der Waals surface area contributed by atoms with Crippen molar-refractivity contribution in [2.45, 2.75) is 51.2 Å². The van der Waals surface area contributed by atoms with Gasteiger partial charge >= 0.3 is 5.97 Å². The molecule has 0 aromatic heterocycles. The maximum Gasteiger partial charge on any atom is 0.326 e. The van der Waals surface area contributed by atoms with Crippen LogP contribution in [0, 0.1) is 5.92 Å². The number of nitrogens with two attached hydrogens (primary N) is 1. The Kier molecular flexibility index (Phi) is 10.6. The second-order valence-electron chi connectivity index (χ2n) is 6.85. The van der Waals surface area contributed by atoms with Crippen LogP contribution in [-0.2, 0) is 20.8 Å². The lowest BCUT2D eigenvalue weighted by atomic mass is 9.97. The minimum absolute atomic E-state index is 0.163. The van der Waals surface area contributed by atoms with Crippen molar-refractivity contribution in [2.75, 3.05) is 12.0 Å². The number of thioether (sulfide) groups is 1. The summed E-state index contributed by atoms with van der Waals surface area (Å²) < 4.78 is 0. The molecule has 0 saturated carbocycles. The molecule has 0 saturated heterocycles. The fraction of sp³-hybridized carbons (Fsp3) is 0.550. The van der Waals surface area contributed by atoms with Crippen molar-refractivity contribution < 1.29 is 19.5 Å². The van der Waals surface area contributed by atoms with Gasteiger partial charge in [-0.3, -0.25) is 9.59 Å². The van der Waals surface area contributed by atoms with Crippen molar-refractivity contribution in [1.82, 2.24) is 10.6 Å². The Morgan fingerprint density at radius 2 is 1.79 bits per heavy atom. The third-order valence-corrected chi connectivity index (χ3v) is 5.30. The highest BCUT2D eigenvalue weighted by Crippen LogP contribution is 2.11. The number of hydrogen-bond donors (Lipinski definition) is 4. The predicted molar refractivity (Wildman–Crippen MR) is 112 cm³/mol. The van der Waals surface area contributed by atoms with Gasteiger partial charge in [0.25, 0.3) is 0 Å². The summed E-state index contributed by atoms with van der Waals surface area (Å²) in [5.41, 5.74) is 6.70. The number of carbonyl (C=O) groups excluding carboxylic acids is 2. The van der Waals surface area contributed by atoms with E-state index < -0.39 is 35.9 Å². The van der Waals surface area contributed by atoms with Crippen molar-refractivity contribution in [1.29, 1.82) is 0 Å². The molecule has 156 valence electrons. The average molecular weight is 410 g/mol. The molecular formula is C20H31N3O4S. The van der Waals surface area contributed by atoms with Gasteiger partial charge in [0.2, 0.25) is 11.8 Å². The summed E-state index contributed by atoms with van der Waals surface area (Å²) in [6, 6.07) is 6.46. The molecule has 0 bridgehead atoms. The minimum atomic E-state index is -1.12. The molecule has 7 nitrogen and oxygen atoms in total. The van der Waals surface area contributed by atoms with Crippen molar-refractivity contribution in [3.8, 4) is 0 Å². The maximum absolute atomic E-state index is 12.8. The van der Waals surface area contributed by atoms with Gasteiger partial charge in [-0.25, -0.2) is 4.79 Å². The Bertz CT molecular complexity index is 642. The normalized spacial score (nSPS) is 15.1. The molecule has 5 N–H and O–H groups in total. The van der Waals surface area contributed by atoms with E-state index in [1.54, 1.807) is 23.9 Å². The average Bonchev–Trinajstić information content (AvgIpc) is 2.69. The first-order valence-electron chi connectivity index (χ1n) is 9.42. The summed E-state index contributed by atoms with van der Waals surface area (Å²) in [7, 11) is 0. The Balaban J connectivity index is 2.84. The minimum Gasteiger partial charge on any atom is -0.480 e. The van der Waals surface area contributed by atoms with Crippen molar-refractivity contribution >= 4 is 29.5 Å². The van der Waals surface area contributed by atoms with Crippen LogP contribution in [0.1, 0.15) is 32.3 Å². The molecule has 1 aromatic carbocycles. The molecule has 0 spiro atoms. The molecule has 8 heteroatoms. The van der Waals surface area contributed by atoms with Crippen molar-refractivity contribution in [3.05, 3.63) is 35.9 Å². The van der Waals surface area contributed by atoms with E-state index in [1.165, 1.54) is 0 Å². The van der Waals surface area contributed by atoms with Crippen LogP contribution < -0.4 is 16.4 Å². The number of hydrogen-bond acceptors (Lipinski definition) is 5. The zero-order valence-corrected chi connectivity index (χ0v) is 17.5. The molecule has 2 amide bonds. The highest BCUT2D eigenvalue weighted by Gasteiger charge is 2.31. The quantitative estimate of drug-likeness (QED) is 0.414. The molecule has 1 aromatic rings. The van der Waals surface area contributed by atoms with Crippen LogP contribution in [-0.4, -0.2) is 53.0 Å². The smallest absolute Gasteiger partial charge is 0.326 e. The first kappa shape index (κ1) is 24.0. The number of carbonyl (C=O) groups is 3. The van der Waals surface area contributed by atoms with Gasteiger partial charge < -0.3 is 21.5 Å². The Hall–Kier alpha value is -2.06. The van der Waals surface area contributed by atoms with E-state index in [2.05, 4.69) is 10.6 Å². The number of carboxylic acid groups (broad SMARTS) is 1. The second kappa shape index (κ2) is 12.4. The monoisotopic (exact) mass is 409 g/mol. The summed E-state index contributed by atoms with van der Waals surface area (Å²) in [5.74, 6) is -1.45. The van der Waals surface area contributed by atoms with E-state index in [-0.39, 0.29) is 12.3 Å². The fourth-order valence-electron chi connectivity index (χ4n) is 2.65. The number of benzene rings is 1. The van der Waals surface area contributed by atoms with Gasteiger partial charge in [-0.1, -0.05) is 50.6 Å². The highest BCUT2D eigenvalue weighted by atomic mass is 32.2. The number of rotatable bonds is 12. The molecular weight excluding hydrogens is 378 g/mol. The summed E-state index contributed by atoms with van der Waals surface area (Å²) >= 11 is 1.59. The van der Waals surface area contributed by atoms with Crippen LogP contribution in [0.4, 0.5) is 0 Å². The van der Waals surface area contributed by atoms with Crippen LogP contribution in [0.25, 0.3) is 0 Å². The van der Waals surface area contributed by atoms with Crippen molar-refractivity contribution in [3.63, 3.8) is 0 Å². The molecule has 0 radical (unpaired) electrons. The fourth-order valence-corrected chi connectivity index (χ4v) is 3.14. The lowest BCUT2D eigenvalue weighted by Crippen LogP contribution is -2.57. The molecule has 0 heterocycles. The maximum atomic E-state index is 12.8. The van der Waals surface area contributed by atoms with Gasteiger partial charge in [-0.15, -0.1) is 0 Å². The number of aliphatic carboxylic acids is 1. The lowest BCUT2D eigenvalue weighted by Gasteiger charge is -2.26. The topological polar surface area (TPSA) is 122 Å². The zero-order chi connectivity index (χ0) is 21.1. The molecule has 1 rings (SSSR count). The zero-order valence-electron chi connectivity index (χ0n) is 16.7. The number of amides is 2. The van der Waals surface area contributed by atoms with E-state index in [0.29, 0.717) is 12.8 Å². The van der Waals surface area contributed by atoms with Gasteiger partial charge in [0, 0.05) is 6.42 Å². The van der Waals surface area contributed by atoms with E-state index in [1.807, 2.05) is 38.3 Å². The second-order valence-corrected chi connectivity index (χ2v) is 7.83. The van der Waals surface area contributed by atoms with Gasteiger partial charge in [-0.05, 0) is 29.9 Å². The third kappa shape index (κ3) is 7.90. The Morgan fingerprint density at radius 3 is 2.32 bits per heavy atom. The summed E-state index contributed by atoms with van der Waals surface area (Å²) in [5, 5.41) is 14.8. The predicted octanol–water partition coefficient (Wildman–Crippen LogP) is 1.41. The first-order chi connectivity index (χ1) is 13.3. The van der Waals surface area contributed by atoms with E-state index >= 15 is 0 Å². The molecule has 0 aliphatic rings. The van der Waals surface area contributed by atoms with Crippen LogP contribution >= 0.6 is 11.8 Å². The molecule has 28 heavy (non-hydrogen) atoms. The largest absolute Gasteiger partial charge is 0.480 e. The first-order valence-corrected chi connectivity index (χ1v) is 10.8. The Morgan fingerprint density at radius 1 is 1.14 bits per heavy atom. The molecule has 0 aliphatic carbocycles. The van der Waals surface area contributed by atoms with Crippen molar-refractivity contribution in [2.24, 2.45) is 11.7 Å². The SMILES string of the molecule is CCC(C)C(NC(=O)C(N)CCSC)C(=O)NC(Cc1ccccc1)C(=O)O. The van der Waals surface area contributed by atoms with E-state index in [9.17, 15) is 19.5 Å². The Labute approximate surface area is 170 Å². The van der Waals surface area contributed by atoms with Gasteiger partial charge in [0.1, 0.15) is 12.1 Å². The molecule has 4 atom stereocenters. The number of nitrogens with one attached hydrogen (secondary N) is 2. The van der Waals surface area contributed by atoms with E-state index in [0.717, 1.165) is 11.3 Å². The molecule has 0 fully saturated rings. The third-order valence-electron chi connectivity index (χ3n) is 4.66. The highest BCUT2D eigenvalue weighted by molar-refractivity contribution is 7.98.